The van der Waals surface area contributed by atoms with E-state index in [1.54, 1.807) is 6.08 Å². The van der Waals surface area contributed by atoms with E-state index in [4.69, 9.17) is 9.05 Å². The van der Waals surface area contributed by atoms with Crippen LogP contribution in [0, 0.1) is 0 Å². The number of allylic oxidation sites excluding steroid dienone is 3. The molecule has 0 radical (unpaired) electrons. The van der Waals surface area contributed by atoms with E-state index in [2.05, 4.69) is 31.3 Å². The molecule has 0 saturated heterocycles. The van der Waals surface area contributed by atoms with Crippen molar-refractivity contribution in [1.82, 2.24) is 5.32 Å². The Kier molecular flexibility index (Phi) is 61.7. The average Bonchev–Trinajstić information content (AvgIpc) is 3.42. The summed E-state index contributed by atoms with van der Waals surface area (Å²) in [5.74, 6) is -0.178. The van der Waals surface area contributed by atoms with Gasteiger partial charge in [-0.25, -0.2) is 4.57 Å². The number of hydrogen-bond acceptors (Lipinski definition) is 5. The third-order valence-corrected chi connectivity index (χ3v) is 17.7. The van der Waals surface area contributed by atoms with Crippen LogP contribution in [0.1, 0.15) is 373 Å². The predicted molar refractivity (Wildman–Crippen MR) is 351 cm³/mol. The zero-order valence-corrected chi connectivity index (χ0v) is 55.5. The van der Waals surface area contributed by atoms with E-state index in [1.165, 1.54) is 315 Å². The standard InChI is InChI=1S/C71H141N2O6P/c1-6-8-10-12-14-16-18-20-22-24-26-27-28-29-30-31-32-33-34-35-36-37-38-39-40-41-42-43-44-45-47-49-51-53-55-57-59-61-63-65-71(75)72-69(68-79-80(76,77)78-67-66-73(3,4)5)70(74)64-62-60-58-56-54-52-50-48-46-25-23-21-19-17-15-13-11-9-7-2/h54,56,62,64,69-70,74H,6-53,55,57-61,63,65-68H2,1-5H3,(H-,72,75,76,77)/p+1/b56-54+,64-62+. The van der Waals surface area contributed by atoms with E-state index >= 15 is 0 Å². The van der Waals surface area contributed by atoms with Crippen LogP contribution in [0.2, 0.25) is 0 Å². The van der Waals surface area contributed by atoms with Crippen molar-refractivity contribution in [2.24, 2.45) is 0 Å². The molecule has 0 rings (SSSR count). The minimum Gasteiger partial charge on any atom is -0.387 e. The molecule has 0 aromatic rings. The molecule has 0 saturated carbocycles. The third kappa shape index (κ3) is 64.5. The number of nitrogens with one attached hydrogen (secondary N) is 1. The van der Waals surface area contributed by atoms with Gasteiger partial charge in [-0.1, -0.05) is 359 Å². The predicted octanol–water partition coefficient (Wildman–Crippen LogP) is 22.7. The second kappa shape index (κ2) is 62.5. The first-order valence-electron chi connectivity index (χ1n) is 35.7. The van der Waals surface area contributed by atoms with Crippen molar-refractivity contribution >= 4 is 13.7 Å². The van der Waals surface area contributed by atoms with Gasteiger partial charge in [0, 0.05) is 6.42 Å². The van der Waals surface area contributed by atoms with E-state index in [-0.39, 0.29) is 19.1 Å². The molecule has 0 aromatic heterocycles. The lowest BCUT2D eigenvalue weighted by Gasteiger charge is -2.25. The summed E-state index contributed by atoms with van der Waals surface area (Å²) in [6, 6.07) is -0.861. The van der Waals surface area contributed by atoms with Crippen molar-refractivity contribution < 1.29 is 32.9 Å². The Bertz CT molecular complexity index is 1350. The van der Waals surface area contributed by atoms with Crippen LogP contribution in [-0.4, -0.2) is 73.4 Å². The molecule has 1 amide bonds. The van der Waals surface area contributed by atoms with Crippen LogP contribution >= 0.6 is 7.82 Å². The Morgan fingerprint density at radius 3 is 1.00 bits per heavy atom. The van der Waals surface area contributed by atoms with Gasteiger partial charge in [0.25, 0.3) is 0 Å². The highest BCUT2D eigenvalue weighted by atomic mass is 31.2. The van der Waals surface area contributed by atoms with E-state index in [9.17, 15) is 19.4 Å². The lowest BCUT2D eigenvalue weighted by atomic mass is 10.0. The molecule has 3 atom stereocenters. The molecular weight excluding hydrogens is 1010 g/mol. The van der Waals surface area contributed by atoms with Gasteiger partial charge in [0.05, 0.1) is 39.9 Å². The number of phosphoric acid groups is 1. The van der Waals surface area contributed by atoms with Gasteiger partial charge in [0.1, 0.15) is 13.2 Å². The molecule has 80 heavy (non-hydrogen) atoms. The molecule has 0 spiro atoms. The summed E-state index contributed by atoms with van der Waals surface area (Å²) in [4.78, 5) is 23.4. The highest BCUT2D eigenvalue weighted by Gasteiger charge is 2.28. The second-order valence-corrected chi connectivity index (χ2v) is 27.4. The fourth-order valence-electron chi connectivity index (χ4n) is 11.1. The second-order valence-electron chi connectivity index (χ2n) is 26.0. The first-order valence-corrected chi connectivity index (χ1v) is 37.2. The monoisotopic (exact) mass is 1150 g/mol. The molecule has 9 heteroatoms. The number of carbonyl (C=O) groups is 1. The first-order chi connectivity index (χ1) is 39.0. The van der Waals surface area contributed by atoms with Gasteiger partial charge in [-0.2, -0.15) is 0 Å². The number of amides is 1. The van der Waals surface area contributed by atoms with Crippen molar-refractivity contribution in [2.75, 3.05) is 40.9 Å². The Morgan fingerprint density at radius 2 is 0.688 bits per heavy atom. The number of likely N-dealkylation sites (N-methyl/N-ethyl adjacent to an activating group) is 1. The first kappa shape index (κ1) is 79.0. The minimum absolute atomic E-state index is 0.0590. The Balaban J connectivity index is 3.91. The van der Waals surface area contributed by atoms with E-state index in [1.807, 2.05) is 27.2 Å². The molecule has 0 aliphatic rings. The van der Waals surface area contributed by atoms with Crippen molar-refractivity contribution in [2.45, 2.75) is 386 Å². The van der Waals surface area contributed by atoms with Gasteiger partial charge in [-0.15, -0.1) is 0 Å². The summed E-state index contributed by atoms with van der Waals surface area (Å²) in [5.41, 5.74) is 0. The molecule has 0 bridgehead atoms. The lowest BCUT2D eigenvalue weighted by Crippen LogP contribution is -2.45. The lowest BCUT2D eigenvalue weighted by molar-refractivity contribution is -0.870. The molecule has 3 unspecified atom stereocenters. The number of hydrogen-bond donors (Lipinski definition) is 3. The zero-order chi connectivity index (χ0) is 58.4. The molecule has 3 N–H and O–H groups in total. The van der Waals surface area contributed by atoms with Crippen molar-refractivity contribution in [3.05, 3.63) is 24.3 Å². The van der Waals surface area contributed by atoms with E-state index < -0.39 is 20.0 Å². The fourth-order valence-corrected chi connectivity index (χ4v) is 11.9. The summed E-state index contributed by atoms with van der Waals surface area (Å²) in [5, 5.41) is 14.0. The van der Waals surface area contributed by atoms with Crippen LogP contribution in [-0.2, 0) is 18.4 Å². The number of aliphatic hydroxyl groups excluding tert-OH is 1. The van der Waals surface area contributed by atoms with Gasteiger partial charge in [0.2, 0.25) is 5.91 Å². The average molecular weight is 1150 g/mol. The summed E-state index contributed by atoms with van der Waals surface area (Å²) >= 11 is 0. The summed E-state index contributed by atoms with van der Waals surface area (Å²) in [7, 11) is 1.57. The van der Waals surface area contributed by atoms with Crippen LogP contribution in [0.25, 0.3) is 0 Å². The highest BCUT2D eigenvalue weighted by molar-refractivity contribution is 7.47. The third-order valence-electron chi connectivity index (χ3n) is 16.7. The van der Waals surface area contributed by atoms with E-state index in [0.717, 1.165) is 38.5 Å². The van der Waals surface area contributed by atoms with Gasteiger partial charge in [-0.3, -0.25) is 13.8 Å². The molecule has 0 aromatic carbocycles. The fraction of sp³-hybridized carbons (Fsp3) is 0.930. The molecule has 476 valence electrons. The summed E-state index contributed by atoms with van der Waals surface area (Å²) < 4.78 is 23.8. The minimum atomic E-state index is -4.36. The largest absolute Gasteiger partial charge is 0.472 e. The number of phosphoric ester groups is 1. The number of unbranched alkanes of at least 4 members (excludes halogenated alkanes) is 52. The number of rotatable bonds is 67. The quantitative estimate of drug-likeness (QED) is 0.0243. The Labute approximate surface area is 500 Å². The van der Waals surface area contributed by atoms with Crippen LogP contribution < -0.4 is 5.32 Å². The normalized spacial score (nSPS) is 13.7. The van der Waals surface area contributed by atoms with Crippen LogP contribution in [0.5, 0.6) is 0 Å². The molecule has 8 nitrogen and oxygen atoms in total. The van der Waals surface area contributed by atoms with Gasteiger partial charge < -0.3 is 19.8 Å². The maximum absolute atomic E-state index is 13.0. The number of aliphatic hydroxyl groups is 1. The van der Waals surface area contributed by atoms with Gasteiger partial charge >= 0.3 is 7.82 Å². The van der Waals surface area contributed by atoms with Crippen LogP contribution in [0.15, 0.2) is 24.3 Å². The SMILES string of the molecule is CCCCCCCCCCCCCCC/C=C/CC/C=C/C(O)C(COP(=O)(O)OCC[N+](C)(C)C)NC(=O)CCCCCCCCCCCCCCCCCCCCCCCCCCCCCCCCCCCCCCCCC. The zero-order valence-electron chi connectivity index (χ0n) is 54.6. The maximum atomic E-state index is 13.0. The van der Waals surface area contributed by atoms with Crippen LogP contribution in [0.3, 0.4) is 0 Å². The van der Waals surface area contributed by atoms with E-state index in [0.29, 0.717) is 17.4 Å². The Hall–Kier alpha value is -1.02. The molecular formula is C71H142N2O6P+. The topological polar surface area (TPSA) is 105 Å². The van der Waals surface area contributed by atoms with Gasteiger partial charge in [0.15, 0.2) is 0 Å². The smallest absolute Gasteiger partial charge is 0.387 e. The van der Waals surface area contributed by atoms with Gasteiger partial charge in [-0.05, 0) is 32.1 Å². The molecule has 0 heterocycles. The number of nitrogens with zero attached hydrogens (tertiary/aromatic N) is 1. The molecule has 0 aliphatic carbocycles. The maximum Gasteiger partial charge on any atom is 0.472 e. The summed E-state index contributed by atoms with van der Waals surface area (Å²) in [6.07, 6.45) is 82.1. The summed E-state index contributed by atoms with van der Waals surface area (Å²) in [6.45, 7) is 4.85. The van der Waals surface area contributed by atoms with Crippen molar-refractivity contribution in [3.8, 4) is 0 Å². The Morgan fingerprint density at radius 1 is 0.412 bits per heavy atom. The molecule has 0 aliphatic heterocycles. The van der Waals surface area contributed by atoms with Crippen molar-refractivity contribution in [1.29, 1.82) is 0 Å². The van der Waals surface area contributed by atoms with Crippen LogP contribution in [0.4, 0.5) is 0 Å². The number of carbonyl (C=O) groups excluding carboxylic acids is 1. The van der Waals surface area contributed by atoms with Crippen molar-refractivity contribution in [3.63, 3.8) is 0 Å². The number of quaternary nitrogens is 1. The highest BCUT2D eigenvalue weighted by Crippen LogP contribution is 2.43. The molecule has 0 fully saturated rings.